The molecule has 1 aromatic carbocycles. The van der Waals surface area contributed by atoms with Gasteiger partial charge in [-0.25, -0.2) is 4.98 Å². The van der Waals surface area contributed by atoms with Crippen LogP contribution in [-0.4, -0.2) is 9.97 Å². The van der Waals surface area contributed by atoms with E-state index in [4.69, 9.17) is 18.0 Å². The van der Waals surface area contributed by atoms with Gasteiger partial charge in [0.25, 0.3) is 0 Å². The SMILES string of the molecule is Cc1ccc(CNc2cc(C(N)=S)c3ccccc3n2)s1. The number of anilines is 1. The fourth-order valence-corrected chi connectivity index (χ4v) is 3.23. The normalized spacial score (nSPS) is 10.7. The number of para-hydroxylation sites is 1. The summed E-state index contributed by atoms with van der Waals surface area (Å²) >= 11 is 6.93. The van der Waals surface area contributed by atoms with Crippen LogP contribution in [0.4, 0.5) is 5.82 Å². The predicted molar refractivity (Wildman–Crippen MR) is 94.0 cm³/mol. The van der Waals surface area contributed by atoms with E-state index in [1.54, 1.807) is 11.3 Å². The van der Waals surface area contributed by atoms with Crippen molar-refractivity contribution in [3.63, 3.8) is 0 Å². The Balaban J connectivity index is 1.93. The van der Waals surface area contributed by atoms with Crippen LogP contribution < -0.4 is 11.1 Å². The molecule has 0 spiro atoms. The van der Waals surface area contributed by atoms with E-state index in [-0.39, 0.29) is 0 Å². The molecular formula is C16H15N3S2. The largest absolute Gasteiger partial charge is 0.389 e. The second-order valence-electron chi connectivity index (χ2n) is 4.80. The molecule has 3 rings (SSSR count). The average molecular weight is 313 g/mol. The molecule has 0 bridgehead atoms. The van der Waals surface area contributed by atoms with Crippen LogP contribution >= 0.6 is 23.6 Å². The highest BCUT2D eigenvalue weighted by Crippen LogP contribution is 2.22. The molecule has 0 aliphatic rings. The molecule has 5 heteroatoms. The Hall–Kier alpha value is -1.98. The number of thiophene rings is 1. The molecule has 3 N–H and O–H groups in total. The van der Waals surface area contributed by atoms with E-state index < -0.39 is 0 Å². The molecule has 3 aromatic rings. The van der Waals surface area contributed by atoms with E-state index in [0.29, 0.717) is 4.99 Å². The van der Waals surface area contributed by atoms with E-state index in [1.807, 2.05) is 30.3 Å². The summed E-state index contributed by atoms with van der Waals surface area (Å²) in [7, 11) is 0. The molecule has 106 valence electrons. The highest BCUT2D eigenvalue weighted by Gasteiger charge is 2.08. The van der Waals surface area contributed by atoms with Crippen LogP contribution in [0.3, 0.4) is 0 Å². The molecule has 0 aliphatic carbocycles. The molecule has 2 aromatic heterocycles. The molecule has 2 heterocycles. The van der Waals surface area contributed by atoms with Gasteiger partial charge in [-0.2, -0.15) is 0 Å². The lowest BCUT2D eigenvalue weighted by Crippen LogP contribution is -2.11. The van der Waals surface area contributed by atoms with Gasteiger partial charge in [0, 0.05) is 20.7 Å². The summed E-state index contributed by atoms with van der Waals surface area (Å²) in [5.41, 5.74) is 7.59. The maximum atomic E-state index is 5.84. The zero-order chi connectivity index (χ0) is 14.8. The summed E-state index contributed by atoms with van der Waals surface area (Å²) in [4.78, 5) is 7.60. The number of fused-ring (bicyclic) bond motifs is 1. The van der Waals surface area contributed by atoms with E-state index in [2.05, 4.69) is 29.4 Å². The zero-order valence-corrected chi connectivity index (χ0v) is 13.2. The summed E-state index contributed by atoms with van der Waals surface area (Å²) in [6, 6.07) is 14.1. The van der Waals surface area contributed by atoms with Crippen LogP contribution in [0.25, 0.3) is 10.9 Å². The van der Waals surface area contributed by atoms with Crippen LogP contribution in [0.1, 0.15) is 15.3 Å². The molecule has 0 saturated heterocycles. The second kappa shape index (κ2) is 5.79. The first-order valence-electron chi connectivity index (χ1n) is 6.62. The summed E-state index contributed by atoms with van der Waals surface area (Å²) in [6.45, 7) is 2.86. The molecule has 0 unspecified atom stereocenters. The van der Waals surface area contributed by atoms with Gasteiger partial charge in [-0.3, -0.25) is 0 Å². The van der Waals surface area contributed by atoms with Gasteiger partial charge in [-0.1, -0.05) is 30.4 Å². The number of hydrogen-bond acceptors (Lipinski definition) is 4. The van der Waals surface area contributed by atoms with Gasteiger partial charge in [-0.15, -0.1) is 11.3 Å². The Morgan fingerprint density at radius 2 is 2.10 bits per heavy atom. The quantitative estimate of drug-likeness (QED) is 0.718. The number of thiocarbonyl (C=S) groups is 1. The van der Waals surface area contributed by atoms with Crippen LogP contribution in [0.2, 0.25) is 0 Å². The number of nitrogens with zero attached hydrogens (tertiary/aromatic N) is 1. The topological polar surface area (TPSA) is 50.9 Å². The van der Waals surface area contributed by atoms with Crippen molar-refractivity contribution in [3.8, 4) is 0 Å². The third-order valence-corrected chi connectivity index (χ3v) is 4.44. The number of nitrogens with one attached hydrogen (secondary N) is 1. The van der Waals surface area contributed by atoms with Crippen molar-refractivity contribution in [1.29, 1.82) is 0 Å². The van der Waals surface area contributed by atoms with Crippen LogP contribution in [0.15, 0.2) is 42.5 Å². The molecule has 0 aliphatic heterocycles. The number of hydrogen-bond donors (Lipinski definition) is 2. The van der Waals surface area contributed by atoms with Crippen molar-refractivity contribution in [2.24, 2.45) is 5.73 Å². The van der Waals surface area contributed by atoms with E-state index >= 15 is 0 Å². The van der Waals surface area contributed by atoms with Crippen molar-refractivity contribution in [3.05, 3.63) is 57.8 Å². The molecule has 3 nitrogen and oxygen atoms in total. The monoisotopic (exact) mass is 313 g/mol. The first-order chi connectivity index (χ1) is 10.1. The van der Waals surface area contributed by atoms with Gasteiger partial charge in [-0.05, 0) is 31.2 Å². The van der Waals surface area contributed by atoms with E-state index in [0.717, 1.165) is 28.8 Å². The van der Waals surface area contributed by atoms with Crippen molar-refractivity contribution in [1.82, 2.24) is 4.98 Å². The van der Waals surface area contributed by atoms with Crippen molar-refractivity contribution in [2.75, 3.05) is 5.32 Å². The lowest BCUT2D eigenvalue weighted by atomic mass is 10.1. The number of pyridine rings is 1. The Labute approximate surface area is 132 Å². The minimum Gasteiger partial charge on any atom is -0.389 e. The predicted octanol–water partition coefficient (Wildman–Crippen LogP) is 3.85. The van der Waals surface area contributed by atoms with Crippen molar-refractivity contribution in [2.45, 2.75) is 13.5 Å². The molecule has 0 fully saturated rings. The van der Waals surface area contributed by atoms with Gasteiger partial charge in [0.2, 0.25) is 0 Å². The number of benzene rings is 1. The number of aryl methyl sites for hydroxylation is 1. The summed E-state index contributed by atoms with van der Waals surface area (Å²) in [5, 5.41) is 4.33. The fraction of sp³-hybridized carbons (Fsp3) is 0.125. The lowest BCUT2D eigenvalue weighted by molar-refractivity contribution is 1.15. The Bertz CT molecular complexity index is 808. The lowest BCUT2D eigenvalue weighted by Gasteiger charge is -2.09. The van der Waals surface area contributed by atoms with Crippen LogP contribution in [0.5, 0.6) is 0 Å². The molecular weight excluding hydrogens is 298 g/mol. The van der Waals surface area contributed by atoms with E-state index in [1.165, 1.54) is 9.75 Å². The van der Waals surface area contributed by atoms with Gasteiger partial charge in [0.15, 0.2) is 0 Å². The molecule has 21 heavy (non-hydrogen) atoms. The third kappa shape index (κ3) is 3.04. The minimum absolute atomic E-state index is 0.392. The van der Waals surface area contributed by atoms with E-state index in [9.17, 15) is 0 Å². The molecule has 0 amide bonds. The smallest absolute Gasteiger partial charge is 0.127 e. The second-order valence-corrected chi connectivity index (χ2v) is 6.61. The maximum Gasteiger partial charge on any atom is 0.127 e. The zero-order valence-electron chi connectivity index (χ0n) is 11.6. The highest BCUT2D eigenvalue weighted by molar-refractivity contribution is 7.80. The Morgan fingerprint density at radius 1 is 1.29 bits per heavy atom. The van der Waals surface area contributed by atoms with Gasteiger partial charge < -0.3 is 11.1 Å². The first-order valence-corrected chi connectivity index (χ1v) is 7.85. The van der Waals surface area contributed by atoms with Crippen LogP contribution in [-0.2, 0) is 6.54 Å². The average Bonchev–Trinajstić information content (AvgIpc) is 2.89. The molecule has 0 saturated carbocycles. The maximum absolute atomic E-state index is 5.84. The number of rotatable bonds is 4. The van der Waals surface area contributed by atoms with Crippen molar-refractivity contribution >= 4 is 45.3 Å². The van der Waals surface area contributed by atoms with Gasteiger partial charge in [0.05, 0.1) is 12.1 Å². The summed E-state index contributed by atoms with van der Waals surface area (Å²) in [5.74, 6) is 0.794. The number of nitrogens with two attached hydrogens (primary N) is 1. The fourth-order valence-electron chi connectivity index (χ4n) is 2.23. The van der Waals surface area contributed by atoms with Gasteiger partial charge >= 0.3 is 0 Å². The Morgan fingerprint density at radius 3 is 2.81 bits per heavy atom. The third-order valence-electron chi connectivity index (χ3n) is 3.22. The highest BCUT2D eigenvalue weighted by atomic mass is 32.1. The van der Waals surface area contributed by atoms with Crippen molar-refractivity contribution < 1.29 is 0 Å². The van der Waals surface area contributed by atoms with Gasteiger partial charge in [0.1, 0.15) is 10.8 Å². The summed E-state index contributed by atoms with van der Waals surface area (Å²) in [6.07, 6.45) is 0. The molecule has 0 radical (unpaired) electrons. The Kier molecular flexibility index (Phi) is 3.86. The first kappa shape index (κ1) is 14.0. The summed E-state index contributed by atoms with van der Waals surface area (Å²) < 4.78 is 0. The standard InChI is InChI=1S/C16H15N3S2/c1-10-6-7-11(21-10)9-18-15-8-13(16(17)20)12-4-2-3-5-14(12)19-15/h2-8H,9H2,1H3,(H2,17,20)(H,18,19). The minimum atomic E-state index is 0.392. The van der Waals surface area contributed by atoms with Crippen LogP contribution in [0, 0.1) is 6.92 Å². The number of aromatic nitrogens is 1. The molecule has 0 atom stereocenters.